The van der Waals surface area contributed by atoms with E-state index in [-0.39, 0.29) is 11.9 Å². The van der Waals surface area contributed by atoms with Gasteiger partial charge in [-0.2, -0.15) is 0 Å². The maximum Gasteiger partial charge on any atom is 0.137 e. The number of hydrogen-bond donors (Lipinski definition) is 1. The van der Waals surface area contributed by atoms with E-state index >= 15 is 0 Å². The summed E-state index contributed by atoms with van der Waals surface area (Å²) < 4.78 is 13.8. The van der Waals surface area contributed by atoms with Gasteiger partial charge < -0.3 is 5.32 Å². The molecule has 2 rings (SSSR count). The zero-order chi connectivity index (χ0) is 14.5. The van der Waals surface area contributed by atoms with Crippen LogP contribution in [0.15, 0.2) is 46.9 Å². The summed E-state index contributed by atoms with van der Waals surface area (Å²) in [6.45, 7) is 2.15. The lowest BCUT2D eigenvalue weighted by molar-refractivity contribution is 0.584. The van der Waals surface area contributed by atoms with E-state index in [1.165, 1.54) is 17.2 Å². The molecule has 2 aromatic carbocycles. The molecule has 1 unspecified atom stereocenters. The largest absolute Gasteiger partial charge is 0.313 e. The van der Waals surface area contributed by atoms with Crippen molar-refractivity contribution in [3.05, 3.63) is 69.4 Å². The second-order valence-electron chi connectivity index (χ2n) is 4.89. The van der Waals surface area contributed by atoms with Crippen LogP contribution in [0.3, 0.4) is 0 Å². The van der Waals surface area contributed by atoms with Crippen molar-refractivity contribution in [2.75, 3.05) is 7.05 Å². The molecule has 0 aliphatic heterocycles. The molecule has 20 heavy (non-hydrogen) atoms. The van der Waals surface area contributed by atoms with Crippen LogP contribution in [-0.4, -0.2) is 7.05 Å². The lowest BCUT2D eigenvalue weighted by Crippen LogP contribution is -2.19. The highest BCUT2D eigenvalue weighted by Gasteiger charge is 2.12. The van der Waals surface area contributed by atoms with Crippen molar-refractivity contribution in [3.8, 4) is 0 Å². The molecule has 2 aromatic rings. The van der Waals surface area contributed by atoms with Crippen LogP contribution >= 0.6 is 15.9 Å². The van der Waals surface area contributed by atoms with Crippen LogP contribution in [0.2, 0.25) is 0 Å². The molecule has 3 heteroatoms. The van der Waals surface area contributed by atoms with Gasteiger partial charge in [0.05, 0.1) is 4.47 Å². The first-order valence-corrected chi connectivity index (χ1v) is 7.63. The number of benzene rings is 2. The molecule has 0 aliphatic rings. The molecule has 0 amide bonds. The first-order chi connectivity index (χ1) is 9.63. The van der Waals surface area contributed by atoms with Crippen molar-refractivity contribution in [1.29, 1.82) is 0 Å². The Bertz CT molecular complexity index is 566. The average molecular weight is 336 g/mol. The lowest BCUT2D eigenvalue weighted by atomic mass is 9.98. The fourth-order valence-electron chi connectivity index (χ4n) is 2.26. The summed E-state index contributed by atoms with van der Waals surface area (Å²) in [5.74, 6) is -0.226. The van der Waals surface area contributed by atoms with Gasteiger partial charge in [-0.15, -0.1) is 0 Å². The molecular weight excluding hydrogens is 317 g/mol. The Kier molecular flexibility index (Phi) is 5.32. The molecule has 0 bridgehead atoms. The minimum Gasteiger partial charge on any atom is -0.313 e. The van der Waals surface area contributed by atoms with Crippen LogP contribution in [0, 0.1) is 5.82 Å². The fraction of sp³-hybridized carbons (Fsp3) is 0.294. The van der Waals surface area contributed by atoms with Gasteiger partial charge in [-0.05, 0) is 64.6 Å². The molecule has 1 N–H and O–H groups in total. The highest BCUT2D eigenvalue weighted by molar-refractivity contribution is 9.10. The van der Waals surface area contributed by atoms with Gasteiger partial charge in [-0.25, -0.2) is 4.39 Å². The van der Waals surface area contributed by atoms with E-state index in [0.29, 0.717) is 4.47 Å². The SMILES string of the molecule is CCc1ccc(CC(NC)c2ccc(F)c(Br)c2)cc1. The molecule has 0 fully saturated rings. The number of nitrogens with one attached hydrogen (secondary N) is 1. The summed E-state index contributed by atoms with van der Waals surface area (Å²) in [5.41, 5.74) is 3.71. The maximum absolute atomic E-state index is 13.3. The number of rotatable bonds is 5. The van der Waals surface area contributed by atoms with Gasteiger partial charge in [0.15, 0.2) is 0 Å². The van der Waals surface area contributed by atoms with Crippen molar-refractivity contribution in [1.82, 2.24) is 5.32 Å². The van der Waals surface area contributed by atoms with Crippen molar-refractivity contribution in [2.24, 2.45) is 0 Å². The second kappa shape index (κ2) is 7.00. The molecule has 0 saturated carbocycles. The van der Waals surface area contributed by atoms with Crippen molar-refractivity contribution < 1.29 is 4.39 Å². The number of aryl methyl sites for hydroxylation is 1. The Morgan fingerprint density at radius 2 is 1.75 bits per heavy atom. The predicted octanol–water partition coefficient (Wildman–Crippen LogP) is 4.65. The van der Waals surface area contributed by atoms with Gasteiger partial charge in [0, 0.05) is 6.04 Å². The first-order valence-electron chi connectivity index (χ1n) is 6.84. The zero-order valence-corrected chi connectivity index (χ0v) is 13.4. The topological polar surface area (TPSA) is 12.0 Å². The Morgan fingerprint density at radius 1 is 1.10 bits per heavy atom. The van der Waals surface area contributed by atoms with Gasteiger partial charge in [0.1, 0.15) is 5.82 Å². The monoisotopic (exact) mass is 335 g/mol. The van der Waals surface area contributed by atoms with Gasteiger partial charge in [0.25, 0.3) is 0 Å². The van der Waals surface area contributed by atoms with E-state index in [9.17, 15) is 4.39 Å². The Labute approximate surface area is 128 Å². The van der Waals surface area contributed by atoms with E-state index in [2.05, 4.69) is 52.4 Å². The van der Waals surface area contributed by atoms with Gasteiger partial charge >= 0.3 is 0 Å². The normalized spacial score (nSPS) is 12.4. The minimum absolute atomic E-state index is 0.180. The lowest BCUT2D eigenvalue weighted by Gasteiger charge is -2.17. The summed E-state index contributed by atoms with van der Waals surface area (Å²) in [6, 6.07) is 14.0. The molecule has 0 heterocycles. The van der Waals surface area contributed by atoms with Crippen LogP contribution in [0.4, 0.5) is 4.39 Å². The van der Waals surface area contributed by atoms with Crippen LogP contribution in [-0.2, 0) is 12.8 Å². The van der Waals surface area contributed by atoms with Gasteiger partial charge in [-0.3, -0.25) is 0 Å². The third-order valence-electron chi connectivity index (χ3n) is 3.57. The number of hydrogen-bond acceptors (Lipinski definition) is 1. The summed E-state index contributed by atoms with van der Waals surface area (Å²) in [7, 11) is 1.93. The summed E-state index contributed by atoms with van der Waals surface area (Å²) in [4.78, 5) is 0. The minimum atomic E-state index is -0.226. The van der Waals surface area contributed by atoms with E-state index in [4.69, 9.17) is 0 Å². The molecule has 0 aliphatic carbocycles. The molecule has 1 nitrogen and oxygen atoms in total. The van der Waals surface area contributed by atoms with E-state index in [1.54, 1.807) is 0 Å². The standard InChI is InChI=1S/C17H19BrFN/c1-3-12-4-6-13(7-5-12)10-17(20-2)14-8-9-16(19)15(18)11-14/h4-9,11,17,20H,3,10H2,1-2H3. The first kappa shape index (κ1) is 15.2. The smallest absolute Gasteiger partial charge is 0.137 e. The Balaban J connectivity index is 2.16. The Morgan fingerprint density at radius 3 is 2.30 bits per heavy atom. The molecule has 1 atom stereocenters. The summed E-state index contributed by atoms with van der Waals surface area (Å²) in [5, 5.41) is 3.30. The molecule has 0 radical (unpaired) electrons. The van der Waals surface area contributed by atoms with Gasteiger partial charge in [0.2, 0.25) is 0 Å². The maximum atomic E-state index is 13.3. The van der Waals surface area contributed by atoms with Crippen molar-refractivity contribution in [3.63, 3.8) is 0 Å². The third-order valence-corrected chi connectivity index (χ3v) is 4.17. The highest BCUT2D eigenvalue weighted by Crippen LogP contribution is 2.24. The highest BCUT2D eigenvalue weighted by atomic mass is 79.9. The number of halogens is 2. The second-order valence-corrected chi connectivity index (χ2v) is 5.74. The van der Waals surface area contributed by atoms with Gasteiger partial charge in [-0.1, -0.05) is 37.3 Å². The third kappa shape index (κ3) is 3.68. The molecule has 0 spiro atoms. The van der Waals surface area contributed by atoms with Crippen LogP contribution < -0.4 is 5.32 Å². The quantitative estimate of drug-likeness (QED) is 0.838. The van der Waals surface area contributed by atoms with Crippen molar-refractivity contribution >= 4 is 15.9 Å². The van der Waals surface area contributed by atoms with E-state index in [0.717, 1.165) is 18.4 Å². The molecule has 0 saturated heterocycles. The average Bonchev–Trinajstić information content (AvgIpc) is 2.48. The summed E-state index contributed by atoms with van der Waals surface area (Å²) >= 11 is 3.25. The molecule has 106 valence electrons. The zero-order valence-electron chi connectivity index (χ0n) is 11.8. The Hall–Kier alpha value is -1.19. The number of likely N-dealkylation sites (N-methyl/N-ethyl adjacent to an activating group) is 1. The van der Waals surface area contributed by atoms with Crippen LogP contribution in [0.25, 0.3) is 0 Å². The van der Waals surface area contributed by atoms with E-state index < -0.39 is 0 Å². The molecular formula is C17H19BrFN. The predicted molar refractivity (Wildman–Crippen MR) is 85.4 cm³/mol. The van der Waals surface area contributed by atoms with E-state index in [1.807, 2.05) is 19.2 Å². The van der Waals surface area contributed by atoms with Crippen LogP contribution in [0.5, 0.6) is 0 Å². The molecule has 0 aromatic heterocycles. The van der Waals surface area contributed by atoms with Crippen LogP contribution in [0.1, 0.15) is 29.7 Å². The summed E-state index contributed by atoms with van der Waals surface area (Å²) in [6.07, 6.45) is 1.94. The van der Waals surface area contributed by atoms with Crippen molar-refractivity contribution in [2.45, 2.75) is 25.8 Å². The fourth-order valence-corrected chi connectivity index (χ4v) is 2.66.